The van der Waals surface area contributed by atoms with Crippen molar-refractivity contribution in [3.8, 4) is 0 Å². The number of anilines is 1. The number of benzene rings is 1. The van der Waals surface area contributed by atoms with Crippen LogP contribution < -0.4 is 16.7 Å². The van der Waals surface area contributed by atoms with Crippen molar-refractivity contribution in [3.63, 3.8) is 0 Å². The van der Waals surface area contributed by atoms with Crippen molar-refractivity contribution < 1.29 is 4.39 Å². The van der Waals surface area contributed by atoms with Crippen LogP contribution in [0.1, 0.15) is 25.5 Å². The van der Waals surface area contributed by atoms with Crippen LogP contribution >= 0.6 is 0 Å². The van der Waals surface area contributed by atoms with Gasteiger partial charge in [-0.05, 0) is 19.9 Å². The highest BCUT2D eigenvalue weighted by atomic mass is 19.1. The second-order valence-electron chi connectivity index (χ2n) is 6.34. The van der Waals surface area contributed by atoms with Crippen molar-refractivity contribution >= 4 is 22.8 Å². The maximum atomic E-state index is 14.0. The smallest absolute Gasteiger partial charge is 0.294 e. The first-order valence-electron chi connectivity index (χ1n) is 8.15. The van der Waals surface area contributed by atoms with Crippen LogP contribution in [0.25, 0.3) is 11.2 Å². The minimum atomic E-state index is -0.550. The van der Waals surface area contributed by atoms with Crippen LogP contribution in [0.15, 0.2) is 39.0 Å². The molecule has 1 atom stereocenters. The molecule has 1 aromatic carbocycles. The fourth-order valence-corrected chi connectivity index (χ4v) is 3.15. The summed E-state index contributed by atoms with van der Waals surface area (Å²) in [6.45, 7) is 3.59. The number of hydrogen-bond donors (Lipinski definition) is 1. The summed E-state index contributed by atoms with van der Waals surface area (Å²) < 4.78 is 18.1. The Hall–Kier alpha value is -3.23. The minimum Gasteiger partial charge on any atom is -0.294 e. The van der Waals surface area contributed by atoms with Crippen molar-refractivity contribution in [1.82, 2.24) is 18.7 Å². The van der Waals surface area contributed by atoms with E-state index in [-0.39, 0.29) is 29.3 Å². The van der Waals surface area contributed by atoms with E-state index in [1.54, 1.807) is 29.8 Å². The lowest BCUT2D eigenvalue weighted by molar-refractivity contribution is 0.581. The Morgan fingerprint density at radius 1 is 1.27 bits per heavy atom. The molecule has 2 aromatic heterocycles. The van der Waals surface area contributed by atoms with Gasteiger partial charge in [0.25, 0.3) is 5.56 Å². The SMILES string of the molecule is CC1=NNc2nc3c(c(=O)n(Cc4ccccc4F)c(=O)n3C)n2[C@H]1C. The molecule has 0 saturated carbocycles. The lowest BCUT2D eigenvalue weighted by Crippen LogP contribution is -2.40. The molecule has 9 heteroatoms. The number of imidazole rings is 1. The van der Waals surface area contributed by atoms with E-state index in [1.165, 1.54) is 10.6 Å². The third-order valence-electron chi connectivity index (χ3n) is 4.79. The summed E-state index contributed by atoms with van der Waals surface area (Å²) in [6, 6.07) is 5.89. The van der Waals surface area contributed by atoms with Gasteiger partial charge in [-0.3, -0.25) is 18.5 Å². The van der Waals surface area contributed by atoms with E-state index < -0.39 is 17.1 Å². The largest absolute Gasteiger partial charge is 0.332 e. The van der Waals surface area contributed by atoms with Crippen molar-refractivity contribution in [1.29, 1.82) is 0 Å². The Morgan fingerprint density at radius 2 is 2.00 bits per heavy atom. The van der Waals surface area contributed by atoms with Crippen molar-refractivity contribution in [3.05, 3.63) is 56.5 Å². The molecule has 8 nitrogen and oxygen atoms in total. The van der Waals surface area contributed by atoms with Crippen LogP contribution in [0.4, 0.5) is 10.3 Å². The van der Waals surface area contributed by atoms with Gasteiger partial charge in [-0.2, -0.15) is 10.1 Å². The number of fused-ring (bicyclic) bond motifs is 3. The maximum absolute atomic E-state index is 14.0. The van der Waals surface area contributed by atoms with E-state index in [2.05, 4.69) is 15.5 Å². The molecular weight excluding hydrogens is 339 g/mol. The first-order chi connectivity index (χ1) is 12.4. The minimum absolute atomic E-state index is 0.149. The number of hydrogen-bond acceptors (Lipinski definition) is 5. The van der Waals surface area contributed by atoms with Crippen molar-refractivity contribution in [2.75, 3.05) is 5.43 Å². The van der Waals surface area contributed by atoms with Crippen LogP contribution in [-0.2, 0) is 13.6 Å². The predicted octanol–water partition coefficient (Wildman–Crippen LogP) is 1.45. The van der Waals surface area contributed by atoms with Gasteiger partial charge < -0.3 is 0 Å². The molecule has 3 heterocycles. The van der Waals surface area contributed by atoms with Gasteiger partial charge >= 0.3 is 5.69 Å². The Kier molecular flexibility index (Phi) is 3.53. The number of aryl methyl sites for hydroxylation is 1. The van der Waals surface area contributed by atoms with Gasteiger partial charge in [0.05, 0.1) is 18.3 Å². The van der Waals surface area contributed by atoms with Crippen LogP contribution in [0.3, 0.4) is 0 Å². The number of hydrazone groups is 1. The van der Waals surface area contributed by atoms with E-state index in [0.29, 0.717) is 5.95 Å². The molecule has 1 aliphatic heterocycles. The van der Waals surface area contributed by atoms with Crippen LogP contribution in [-0.4, -0.2) is 24.4 Å². The molecule has 0 aliphatic carbocycles. The normalized spacial score (nSPS) is 16.3. The molecule has 0 saturated heterocycles. The van der Waals surface area contributed by atoms with E-state index >= 15 is 0 Å². The second kappa shape index (κ2) is 5.65. The van der Waals surface area contributed by atoms with Gasteiger partial charge in [0, 0.05) is 12.6 Å². The topological polar surface area (TPSA) is 86.2 Å². The Labute approximate surface area is 147 Å². The van der Waals surface area contributed by atoms with Gasteiger partial charge in [0.15, 0.2) is 11.2 Å². The molecule has 0 spiro atoms. The third-order valence-corrected chi connectivity index (χ3v) is 4.79. The summed E-state index contributed by atoms with van der Waals surface area (Å²) >= 11 is 0. The first kappa shape index (κ1) is 16.2. The van der Waals surface area contributed by atoms with E-state index in [0.717, 1.165) is 10.3 Å². The van der Waals surface area contributed by atoms with Gasteiger partial charge in [-0.1, -0.05) is 18.2 Å². The standard InChI is InChI=1S/C17H17FN6O2/c1-9-10(2)24-13-14(19-16(24)21-20-9)22(3)17(26)23(15(13)25)8-11-6-4-5-7-12(11)18/h4-7,10H,8H2,1-3H3,(H,19,21)/t10-/m0/s1. The zero-order valence-corrected chi connectivity index (χ0v) is 14.5. The maximum Gasteiger partial charge on any atom is 0.332 e. The molecule has 134 valence electrons. The Morgan fingerprint density at radius 3 is 2.73 bits per heavy atom. The highest BCUT2D eigenvalue weighted by molar-refractivity contribution is 5.90. The molecule has 26 heavy (non-hydrogen) atoms. The zero-order chi connectivity index (χ0) is 18.6. The number of rotatable bonds is 2. The molecule has 4 rings (SSSR count). The van der Waals surface area contributed by atoms with Crippen LogP contribution in [0.5, 0.6) is 0 Å². The predicted molar refractivity (Wildman–Crippen MR) is 96.2 cm³/mol. The molecule has 0 fully saturated rings. The summed E-state index contributed by atoms with van der Waals surface area (Å²) in [6.07, 6.45) is 0. The number of nitrogens with one attached hydrogen (secondary N) is 1. The lowest BCUT2D eigenvalue weighted by Gasteiger charge is -2.21. The molecule has 0 unspecified atom stereocenters. The molecule has 1 N–H and O–H groups in total. The summed E-state index contributed by atoms with van der Waals surface area (Å²) in [5, 5.41) is 4.17. The summed E-state index contributed by atoms with van der Waals surface area (Å²) in [7, 11) is 1.54. The van der Waals surface area contributed by atoms with Gasteiger partial charge in [-0.25, -0.2) is 14.6 Å². The average Bonchev–Trinajstić information content (AvgIpc) is 3.02. The zero-order valence-electron chi connectivity index (χ0n) is 14.5. The highest BCUT2D eigenvalue weighted by Gasteiger charge is 2.26. The number of halogens is 1. The first-order valence-corrected chi connectivity index (χ1v) is 8.15. The summed E-state index contributed by atoms with van der Waals surface area (Å²) in [5.41, 5.74) is 3.35. The van der Waals surface area contributed by atoms with Crippen LogP contribution in [0.2, 0.25) is 0 Å². The molecule has 0 bridgehead atoms. The van der Waals surface area contributed by atoms with Crippen molar-refractivity contribution in [2.24, 2.45) is 12.1 Å². The molecule has 3 aromatic rings. The third kappa shape index (κ3) is 2.20. The van der Waals surface area contributed by atoms with E-state index in [1.807, 2.05) is 13.8 Å². The van der Waals surface area contributed by atoms with E-state index in [9.17, 15) is 14.0 Å². The Balaban J connectivity index is 2.01. The molecule has 0 amide bonds. The summed E-state index contributed by atoms with van der Waals surface area (Å²) in [4.78, 5) is 30.1. The fourth-order valence-electron chi connectivity index (χ4n) is 3.15. The quantitative estimate of drug-likeness (QED) is 0.753. The van der Waals surface area contributed by atoms with Crippen molar-refractivity contribution in [2.45, 2.75) is 26.4 Å². The summed E-state index contributed by atoms with van der Waals surface area (Å²) in [5.74, 6) is -0.0660. The molecular formula is C17H17FN6O2. The van der Waals surface area contributed by atoms with Gasteiger partial charge in [-0.15, -0.1) is 0 Å². The average molecular weight is 356 g/mol. The van der Waals surface area contributed by atoms with Crippen LogP contribution in [0, 0.1) is 5.82 Å². The second-order valence-corrected chi connectivity index (χ2v) is 6.34. The molecule has 0 radical (unpaired) electrons. The van der Waals surface area contributed by atoms with Gasteiger partial charge in [0.1, 0.15) is 5.82 Å². The van der Waals surface area contributed by atoms with E-state index in [4.69, 9.17) is 0 Å². The van der Waals surface area contributed by atoms with Gasteiger partial charge in [0.2, 0.25) is 5.95 Å². The number of nitrogens with zero attached hydrogens (tertiary/aromatic N) is 5. The lowest BCUT2D eigenvalue weighted by atomic mass is 10.2. The number of aromatic nitrogens is 4. The Bertz CT molecular complexity index is 1190. The highest BCUT2D eigenvalue weighted by Crippen LogP contribution is 2.25. The monoisotopic (exact) mass is 356 g/mol. The molecule has 1 aliphatic rings. The fraction of sp³-hybridized carbons (Fsp3) is 0.294.